The van der Waals surface area contributed by atoms with E-state index in [0.29, 0.717) is 0 Å². The Balaban J connectivity index is 1.12. The van der Waals surface area contributed by atoms with Gasteiger partial charge in [-0.1, -0.05) is 30.3 Å². The first-order valence-corrected chi connectivity index (χ1v) is 13.3. The number of anilines is 1. The maximum atomic E-state index is 5.26. The quantitative estimate of drug-likeness (QED) is 0.294. The molecular formula is C27H25N5OS2. The molecule has 0 spiro atoms. The van der Waals surface area contributed by atoms with Gasteiger partial charge in [0.2, 0.25) is 0 Å². The Morgan fingerprint density at radius 1 is 0.914 bits per heavy atom. The van der Waals surface area contributed by atoms with Crippen molar-refractivity contribution >= 4 is 38.7 Å². The van der Waals surface area contributed by atoms with Crippen LogP contribution in [0.4, 0.5) is 5.82 Å². The van der Waals surface area contributed by atoms with Crippen LogP contribution < -0.4 is 9.64 Å². The maximum absolute atomic E-state index is 5.26. The fraction of sp³-hybridized carbons (Fsp3) is 0.222. The van der Waals surface area contributed by atoms with E-state index in [1.165, 1.54) is 10.4 Å². The Hall–Kier alpha value is -3.33. The Morgan fingerprint density at radius 3 is 2.49 bits per heavy atom. The minimum Gasteiger partial charge on any atom is -0.497 e. The zero-order valence-electron chi connectivity index (χ0n) is 19.4. The minimum atomic E-state index is 0.864. The number of methoxy groups -OCH3 is 1. The van der Waals surface area contributed by atoms with Crippen LogP contribution in [0.25, 0.3) is 31.2 Å². The Morgan fingerprint density at radius 2 is 1.71 bits per heavy atom. The number of fused-ring (bicyclic) bond motifs is 1. The van der Waals surface area contributed by atoms with Crippen molar-refractivity contribution in [3.8, 4) is 26.8 Å². The molecule has 176 valence electrons. The first kappa shape index (κ1) is 22.2. The van der Waals surface area contributed by atoms with Crippen LogP contribution in [0.15, 0.2) is 72.4 Å². The molecular weight excluding hydrogens is 474 g/mol. The highest BCUT2D eigenvalue weighted by atomic mass is 32.1. The average molecular weight is 500 g/mol. The number of piperazine rings is 1. The van der Waals surface area contributed by atoms with Crippen molar-refractivity contribution in [2.45, 2.75) is 6.54 Å². The van der Waals surface area contributed by atoms with Crippen LogP contribution in [0.3, 0.4) is 0 Å². The lowest BCUT2D eigenvalue weighted by Crippen LogP contribution is -2.46. The molecule has 1 aliphatic rings. The summed E-state index contributed by atoms with van der Waals surface area (Å²) in [7, 11) is 1.69. The van der Waals surface area contributed by atoms with E-state index in [2.05, 4.69) is 67.6 Å². The van der Waals surface area contributed by atoms with E-state index in [9.17, 15) is 0 Å². The lowest BCUT2D eigenvalue weighted by molar-refractivity contribution is 0.247. The summed E-state index contributed by atoms with van der Waals surface area (Å²) < 4.78 is 5.26. The third-order valence-electron chi connectivity index (χ3n) is 6.31. The molecule has 2 aromatic carbocycles. The van der Waals surface area contributed by atoms with Crippen LogP contribution in [-0.4, -0.2) is 53.1 Å². The minimum absolute atomic E-state index is 0.864. The monoisotopic (exact) mass is 499 g/mol. The first-order chi connectivity index (χ1) is 17.3. The van der Waals surface area contributed by atoms with Gasteiger partial charge in [0.15, 0.2) is 0 Å². The number of hydrogen-bond acceptors (Lipinski definition) is 8. The Labute approximate surface area is 212 Å². The summed E-state index contributed by atoms with van der Waals surface area (Å²) in [4.78, 5) is 21.3. The van der Waals surface area contributed by atoms with Gasteiger partial charge >= 0.3 is 0 Å². The molecule has 1 aliphatic heterocycles. The van der Waals surface area contributed by atoms with Crippen molar-refractivity contribution in [3.63, 3.8) is 0 Å². The van der Waals surface area contributed by atoms with Crippen LogP contribution in [0, 0.1) is 0 Å². The molecule has 0 bridgehead atoms. The molecule has 0 saturated carbocycles. The lowest BCUT2D eigenvalue weighted by atomic mass is 10.2. The highest BCUT2D eigenvalue weighted by Crippen LogP contribution is 2.36. The molecule has 5 aromatic rings. The summed E-state index contributed by atoms with van der Waals surface area (Å²) in [5, 5.41) is 4.38. The predicted molar refractivity (Wildman–Crippen MR) is 144 cm³/mol. The molecule has 0 unspecified atom stereocenters. The van der Waals surface area contributed by atoms with Crippen molar-refractivity contribution in [1.29, 1.82) is 0 Å². The molecule has 0 radical (unpaired) electrons. The van der Waals surface area contributed by atoms with Gasteiger partial charge in [-0.3, -0.25) is 4.90 Å². The van der Waals surface area contributed by atoms with Gasteiger partial charge in [-0.25, -0.2) is 15.0 Å². The molecule has 6 nitrogen and oxygen atoms in total. The van der Waals surface area contributed by atoms with E-state index in [0.717, 1.165) is 70.8 Å². The smallest absolute Gasteiger partial charge is 0.140 e. The van der Waals surface area contributed by atoms with Gasteiger partial charge < -0.3 is 9.64 Å². The topological polar surface area (TPSA) is 54.4 Å². The number of aromatic nitrogens is 3. The van der Waals surface area contributed by atoms with E-state index in [4.69, 9.17) is 9.72 Å². The van der Waals surface area contributed by atoms with Crippen LogP contribution in [0.2, 0.25) is 0 Å². The summed E-state index contributed by atoms with van der Waals surface area (Å²) in [6.07, 6.45) is 1.70. The summed E-state index contributed by atoms with van der Waals surface area (Å²) in [5.74, 6) is 1.91. The highest BCUT2D eigenvalue weighted by molar-refractivity contribution is 7.21. The zero-order valence-corrected chi connectivity index (χ0v) is 21.1. The number of benzene rings is 2. The third-order valence-corrected chi connectivity index (χ3v) is 8.35. The number of ether oxygens (including phenoxy) is 1. The van der Waals surface area contributed by atoms with Crippen molar-refractivity contribution < 1.29 is 4.74 Å². The Bertz CT molecular complexity index is 1420. The van der Waals surface area contributed by atoms with Gasteiger partial charge in [0.1, 0.15) is 27.7 Å². The van der Waals surface area contributed by atoms with E-state index in [1.807, 2.05) is 18.2 Å². The van der Waals surface area contributed by atoms with Gasteiger partial charge in [-0.05, 0) is 35.9 Å². The summed E-state index contributed by atoms with van der Waals surface area (Å²) in [6.45, 7) is 4.72. The number of thiazole rings is 1. The van der Waals surface area contributed by atoms with Crippen LogP contribution in [-0.2, 0) is 6.54 Å². The van der Waals surface area contributed by atoms with Gasteiger partial charge in [-0.15, -0.1) is 22.7 Å². The molecule has 0 atom stereocenters. The molecule has 1 saturated heterocycles. The van der Waals surface area contributed by atoms with Crippen LogP contribution >= 0.6 is 22.7 Å². The predicted octanol–water partition coefficient (Wildman–Crippen LogP) is 5.81. The van der Waals surface area contributed by atoms with Gasteiger partial charge in [0, 0.05) is 48.5 Å². The van der Waals surface area contributed by atoms with E-state index in [1.54, 1.807) is 36.1 Å². The number of hydrogen-bond donors (Lipinski definition) is 0. The average Bonchev–Trinajstić information content (AvgIpc) is 3.57. The second-order valence-corrected chi connectivity index (χ2v) is 10.4. The summed E-state index contributed by atoms with van der Waals surface area (Å²) in [5.41, 5.74) is 3.48. The summed E-state index contributed by atoms with van der Waals surface area (Å²) >= 11 is 3.43. The lowest BCUT2D eigenvalue weighted by Gasteiger charge is -2.35. The Kier molecular flexibility index (Phi) is 6.16. The third kappa shape index (κ3) is 4.65. The number of thiophene rings is 1. The SMILES string of the molecule is COc1ccc(-c2nc(CN3CCN(c4ncnc5sc(-c6ccccc6)cc45)CC3)cs2)cc1. The molecule has 6 rings (SSSR count). The number of rotatable bonds is 6. The summed E-state index contributed by atoms with van der Waals surface area (Å²) in [6, 6.07) is 20.8. The van der Waals surface area contributed by atoms with Crippen molar-refractivity contribution in [1.82, 2.24) is 19.9 Å². The van der Waals surface area contributed by atoms with Crippen molar-refractivity contribution in [2.24, 2.45) is 0 Å². The second-order valence-electron chi connectivity index (χ2n) is 8.53. The normalized spacial score (nSPS) is 14.5. The molecule has 0 aliphatic carbocycles. The molecule has 35 heavy (non-hydrogen) atoms. The van der Waals surface area contributed by atoms with Gasteiger partial charge in [-0.2, -0.15) is 0 Å². The molecule has 0 amide bonds. The van der Waals surface area contributed by atoms with Crippen LogP contribution in [0.1, 0.15) is 5.69 Å². The standard InChI is InChI=1S/C27H25N5OS2/c1-33-22-9-7-20(8-10-22)26-30-21(17-34-26)16-31-11-13-32(14-12-31)25-23-15-24(19-5-3-2-4-6-19)35-27(23)29-18-28-25/h2-10,15,17-18H,11-14,16H2,1H3. The molecule has 3 aromatic heterocycles. The van der Waals surface area contributed by atoms with Gasteiger partial charge in [0.05, 0.1) is 18.2 Å². The fourth-order valence-corrected chi connectivity index (χ4v) is 6.25. The molecule has 4 heterocycles. The van der Waals surface area contributed by atoms with Gasteiger partial charge in [0.25, 0.3) is 0 Å². The molecule has 0 N–H and O–H groups in total. The molecule has 1 fully saturated rings. The van der Waals surface area contributed by atoms with E-state index in [-0.39, 0.29) is 0 Å². The zero-order chi connectivity index (χ0) is 23.6. The second kappa shape index (κ2) is 9.73. The largest absolute Gasteiger partial charge is 0.497 e. The van der Waals surface area contributed by atoms with E-state index >= 15 is 0 Å². The first-order valence-electron chi connectivity index (χ1n) is 11.6. The van der Waals surface area contributed by atoms with Crippen molar-refractivity contribution in [3.05, 3.63) is 78.1 Å². The van der Waals surface area contributed by atoms with Crippen LogP contribution in [0.5, 0.6) is 5.75 Å². The maximum Gasteiger partial charge on any atom is 0.140 e. The molecule has 8 heteroatoms. The van der Waals surface area contributed by atoms with E-state index < -0.39 is 0 Å². The van der Waals surface area contributed by atoms with Crippen molar-refractivity contribution in [2.75, 3.05) is 38.2 Å². The number of nitrogens with zero attached hydrogens (tertiary/aromatic N) is 5. The highest BCUT2D eigenvalue weighted by Gasteiger charge is 2.22. The fourth-order valence-electron chi connectivity index (χ4n) is 4.43.